The van der Waals surface area contributed by atoms with Crippen LogP contribution in [0.1, 0.15) is 15.9 Å². The van der Waals surface area contributed by atoms with E-state index in [1.54, 1.807) is 12.1 Å². The van der Waals surface area contributed by atoms with Gasteiger partial charge in [-0.05, 0) is 0 Å². The second kappa shape index (κ2) is 3.23. The molecular weight excluding hydrogens is 218 g/mol. The molecule has 0 atom stereocenters. The van der Waals surface area contributed by atoms with E-state index >= 15 is 0 Å². The number of rotatable bonds is 2. The molecule has 80 valence electrons. The lowest BCUT2D eigenvalue weighted by atomic mass is 10.1. The van der Waals surface area contributed by atoms with Crippen molar-refractivity contribution in [3.8, 4) is 0 Å². The van der Waals surface area contributed by atoms with Gasteiger partial charge in [0.2, 0.25) is 0 Å². The van der Waals surface area contributed by atoms with Gasteiger partial charge in [-0.3, -0.25) is 0 Å². The number of fused-ring (bicyclic) bond motifs is 1. The quantitative estimate of drug-likeness (QED) is 0.713. The number of sulfonamides is 1. The number of ether oxygens (including phenoxy) is 1. The predicted molar refractivity (Wildman–Crippen MR) is 53.4 cm³/mol. The molecule has 1 aromatic carbocycles. The highest BCUT2D eigenvalue weighted by Crippen LogP contribution is 2.28. The van der Waals surface area contributed by atoms with Gasteiger partial charge < -0.3 is 9.46 Å². The Morgan fingerprint density at radius 1 is 1.40 bits per heavy atom. The van der Waals surface area contributed by atoms with Gasteiger partial charge in [-0.15, -0.1) is 5.69 Å². The van der Waals surface area contributed by atoms with Crippen molar-refractivity contribution in [2.45, 2.75) is 6.61 Å². The molecule has 0 radical (unpaired) electrons. The van der Waals surface area contributed by atoms with E-state index in [-0.39, 0.29) is 12.3 Å². The molecule has 0 amide bonds. The fourth-order valence-corrected chi connectivity index (χ4v) is 1.85. The summed E-state index contributed by atoms with van der Waals surface area (Å²) < 4.78 is 30.0. The first-order valence-electron chi connectivity index (χ1n) is 4.19. The van der Waals surface area contributed by atoms with E-state index in [1.165, 1.54) is 6.07 Å². The minimum Gasteiger partial charge on any atom is -0.577 e. The topological polar surface area (TPSA) is 74.5 Å². The molecule has 5 nitrogen and oxygen atoms in total. The molecule has 15 heavy (non-hydrogen) atoms. The third-order valence-electron chi connectivity index (χ3n) is 1.94. The van der Waals surface area contributed by atoms with Crippen LogP contribution in [-0.4, -0.2) is 20.6 Å². The Balaban J connectivity index is 2.38. The van der Waals surface area contributed by atoms with Crippen molar-refractivity contribution in [3.63, 3.8) is 0 Å². The Hall–Kier alpha value is -1.56. The molecule has 0 aromatic heterocycles. The zero-order chi connectivity index (χ0) is 11.1. The largest absolute Gasteiger partial charge is 0.577 e. The summed E-state index contributed by atoms with van der Waals surface area (Å²) in [5.41, 5.74) is 1.39. The van der Waals surface area contributed by atoms with Crippen LogP contribution >= 0.6 is 0 Å². The number of carbonyl (C=O) groups excluding carboxylic acids is 1. The molecular formula is C9H8NO4S-. The summed E-state index contributed by atoms with van der Waals surface area (Å²) in [7, 11) is -3.44. The predicted octanol–water partition coefficient (Wildman–Crippen LogP) is 1.32. The molecule has 1 heterocycles. The van der Waals surface area contributed by atoms with Crippen LogP contribution in [0.4, 0.5) is 5.69 Å². The van der Waals surface area contributed by atoms with E-state index in [0.29, 0.717) is 5.56 Å². The van der Waals surface area contributed by atoms with Gasteiger partial charge in [0.15, 0.2) is 0 Å². The molecule has 1 aromatic rings. The normalized spacial score (nSPS) is 14.6. The highest BCUT2D eigenvalue weighted by atomic mass is 32.2. The van der Waals surface area contributed by atoms with E-state index in [4.69, 9.17) is 4.74 Å². The third-order valence-corrected chi connectivity index (χ3v) is 2.49. The number of esters is 1. The smallest absolute Gasteiger partial charge is 0.338 e. The standard InChI is InChI=1S/C9H8NO4S/c1-15(12,13)10-7-3-2-6-5-14-9(11)8(6)4-7/h2-4H,5H2,1H3/q-1. The van der Waals surface area contributed by atoms with Gasteiger partial charge in [0, 0.05) is 11.8 Å². The van der Waals surface area contributed by atoms with Crippen LogP contribution in [0.5, 0.6) is 0 Å². The molecule has 1 aliphatic heterocycles. The maximum absolute atomic E-state index is 11.2. The van der Waals surface area contributed by atoms with Crippen LogP contribution < -0.4 is 0 Å². The van der Waals surface area contributed by atoms with Crippen molar-refractivity contribution in [1.29, 1.82) is 0 Å². The highest BCUT2D eigenvalue weighted by molar-refractivity contribution is 7.93. The number of hydrogen-bond donors (Lipinski definition) is 0. The Morgan fingerprint density at radius 2 is 2.13 bits per heavy atom. The Bertz CT molecular complexity index is 521. The van der Waals surface area contributed by atoms with Crippen molar-refractivity contribution < 1.29 is 17.9 Å². The summed E-state index contributed by atoms with van der Waals surface area (Å²) >= 11 is 0. The third kappa shape index (κ3) is 2.10. The summed E-state index contributed by atoms with van der Waals surface area (Å²) in [5, 5.41) is 0. The number of nitrogens with zero attached hydrogens (tertiary/aromatic N) is 1. The maximum atomic E-state index is 11.2. The van der Waals surface area contributed by atoms with Crippen molar-refractivity contribution in [2.24, 2.45) is 0 Å². The zero-order valence-corrected chi connectivity index (χ0v) is 8.74. The van der Waals surface area contributed by atoms with Crippen LogP contribution in [0, 0.1) is 0 Å². The van der Waals surface area contributed by atoms with E-state index in [1.807, 2.05) is 0 Å². The molecule has 0 N–H and O–H groups in total. The van der Waals surface area contributed by atoms with E-state index < -0.39 is 16.0 Å². The van der Waals surface area contributed by atoms with E-state index in [2.05, 4.69) is 4.72 Å². The minimum atomic E-state index is -3.44. The SMILES string of the molecule is CS(=O)(=O)[N-]c1ccc2c(c1)C(=O)OC2. The monoisotopic (exact) mass is 226 g/mol. The van der Waals surface area contributed by atoms with E-state index in [9.17, 15) is 13.2 Å². The molecule has 0 bridgehead atoms. The first-order valence-corrected chi connectivity index (χ1v) is 6.03. The summed E-state index contributed by atoms with van der Waals surface area (Å²) in [4.78, 5) is 11.2. The summed E-state index contributed by atoms with van der Waals surface area (Å²) in [5.74, 6) is -0.435. The fraction of sp³-hybridized carbons (Fsp3) is 0.222. The minimum absolute atomic E-state index is 0.243. The maximum Gasteiger partial charge on any atom is 0.338 e. The molecule has 0 aliphatic carbocycles. The average Bonchev–Trinajstić information content (AvgIpc) is 2.45. The van der Waals surface area contributed by atoms with Gasteiger partial charge in [-0.1, -0.05) is 18.2 Å². The average molecular weight is 226 g/mol. The van der Waals surface area contributed by atoms with Gasteiger partial charge in [0.1, 0.15) is 6.61 Å². The van der Waals surface area contributed by atoms with Gasteiger partial charge in [0.25, 0.3) is 0 Å². The molecule has 0 saturated carbocycles. The van der Waals surface area contributed by atoms with Crippen LogP contribution in [0.2, 0.25) is 0 Å². The van der Waals surface area contributed by atoms with Crippen LogP contribution in [-0.2, 0) is 21.4 Å². The molecule has 1 aliphatic rings. The fourth-order valence-electron chi connectivity index (χ4n) is 1.35. The van der Waals surface area contributed by atoms with Crippen molar-refractivity contribution in [2.75, 3.05) is 6.26 Å². The molecule has 0 spiro atoms. The molecule has 6 heteroatoms. The second-order valence-electron chi connectivity index (χ2n) is 3.24. The number of cyclic esters (lactones) is 1. The van der Waals surface area contributed by atoms with E-state index in [0.717, 1.165) is 11.8 Å². The van der Waals surface area contributed by atoms with Crippen molar-refractivity contribution >= 4 is 21.7 Å². The van der Waals surface area contributed by atoms with Crippen molar-refractivity contribution in [1.82, 2.24) is 0 Å². The molecule has 2 rings (SSSR count). The van der Waals surface area contributed by atoms with Crippen molar-refractivity contribution in [3.05, 3.63) is 34.0 Å². The van der Waals surface area contributed by atoms with Crippen LogP contribution in [0.25, 0.3) is 4.72 Å². The zero-order valence-electron chi connectivity index (χ0n) is 7.93. The van der Waals surface area contributed by atoms with Gasteiger partial charge in [-0.25, -0.2) is 13.2 Å². The Morgan fingerprint density at radius 3 is 2.80 bits per heavy atom. The molecule has 0 fully saturated rings. The van der Waals surface area contributed by atoms with Crippen LogP contribution in [0.3, 0.4) is 0 Å². The van der Waals surface area contributed by atoms with Crippen LogP contribution in [0.15, 0.2) is 18.2 Å². The van der Waals surface area contributed by atoms with Gasteiger partial charge in [0.05, 0.1) is 15.6 Å². The van der Waals surface area contributed by atoms with Gasteiger partial charge >= 0.3 is 5.97 Å². The number of carbonyl (C=O) groups is 1. The lowest BCUT2D eigenvalue weighted by Crippen LogP contribution is -1.95. The second-order valence-corrected chi connectivity index (χ2v) is 4.89. The number of hydrogen-bond acceptors (Lipinski definition) is 4. The Kier molecular flexibility index (Phi) is 2.15. The first kappa shape index (κ1) is 9.97. The Labute approximate surface area is 87.1 Å². The highest BCUT2D eigenvalue weighted by Gasteiger charge is 2.19. The molecule has 0 unspecified atom stereocenters. The lowest BCUT2D eigenvalue weighted by Gasteiger charge is -2.18. The summed E-state index contributed by atoms with van der Waals surface area (Å²) in [6.07, 6.45) is 0.999. The lowest BCUT2D eigenvalue weighted by molar-refractivity contribution is 0.0535. The van der Waals surface area contributed by atoms with Gasteiger partial charge in [-0.2, -0.15) is 0 Å². The summed E-state index contributed by atoms with van der Waals surface area (Å²) in [6, 6.07) is 4.61. The summed E-state index contributed by atoms with van der Waals surface area (Å²) in [6.45, 7) is 0.243. The first-order chi connectivity index (χ1) is 6.96. The number of benzene rings is 1. The molecule has 0 saturated heterocycles.